The maximum Gasteiger partial charge on any atom is 0 e. The summed E-state index contributed by atoms with van der Waals surface area (Å²) in [6, 6.07) is 97.0. The fourth-order valence-corrected chi connectivity index (χ4v) is 13.5. The normalized spacial score (nSPS) is 9.79. The standard InChI is InChI=1S/3C18H15P.2CO.Os/c3*1-4-10-16(11-5-1)19(17-12-6-2-7-13-17)18-14-8-3-9-15-18;2*1-2;/h3*1-15H;;;. The van der Waals surface area contributed by atoms with Gasteiger partial charge in [-0.2, -0.15) is 0 Å². The van der Waals surface area contributed by atoms with Crippen LogP contribution in [0.1, 0.15) is 0 Å². The van der Waals surface area contributed by atoms with Gasteiger partial charge in [0, 0.05) is 19.8 Å². The molecule has 0 spiro atoms. The van der Waals surface area contributed by atoms with Crippen LogP contribution < -0.4 is 47.7 Å². The summed E-state index contributed by atoms with van der Waals surface area (Å²) < 4.78 is 15.0. The molecule has 9 aromatic carbocycles. The summed E-state index contributed by atoms with van der Waals surface area (Å²) in [6.07, 6.45) is 0. The van der Waals surface area contributed by atoms with Crippen molar-refractivity contribution in [2.45, 2.75) is 0 Å². The monoisotopic (exact) mass is 1030 g/mol. The van der Waals surface area contributed by atoms with Crippen LogP contribution in [-0.2, 0) is 29.1 Å². The number of benzene rings is 9. The first-order valence-corrected chi connectivity index (χ1v) is 23.6. The van der Waals surface area contributed by atoms with Crippen molar-refractivity contribution in [3.05, 3.63) is 286 Å². The molecule has 0 radical (unpaired) electrons. The molecular formula is C56H45O2OsP3. The van der Waals surface area contributed by atoms with Crippen molar-refractivity contribution in [3.63, 3.8) is 0 Å². The van der Waals surface area contributed by atoms with Crippen LogP contribution in [0.2, 0.25) is 0 Å². The summed E-state index contributed by atoms with van der Waals surface area (Å²) in [6.45, 7) is 9.00. The summed E-state index contributed by atoms with van der Waals surface area (Å²) in [4.78, 5) is 0. The smallest absolute Gasteiger partial charge is 0 e. The Morgan fingerprint density at radius 3 is 0.339 bits per heavy atom. The summed E-state index contributed by atoms with van der Waals surface area (Å²) in [5, 5.41) is 12.6. The number of hydrogen-bond acceptors (Lipinski definition) is 0. The molecule has 0 aliphatic carbocycles. The third-order valence-corrected chi connectivity index (χ3v) is 16.5. The van der Waals surface area contributed by atoms with Crippen molar-refractivity contribution < 1.29 is 29.1 Å². The molecule has 9 aromatic rings. The molecule has 0 saturated heterocycles. The summed E-state index contributed by atoms with van der Waals surface area (Å²) in [7, 11) is -1.34. The molecule has 0 unspecified atom stereocenters. The van der Waals surface area contributed by atoms with Gasteiger partial charge in [0.25, 0.3) is 0 Å². The predicted molar refractivity (Wildman–Crippen MR) is 263 cm³/mol. The molecule has 304 valence electrons. The largest absolute Gasteiger partial charge is 0.0622 e. The Balaban J connectivity index is 0.000000195. The Kier molecular flexibility index (Phi) is 22.8. The van der Waals surface area contributed by atoms with Gasteiger partial charge >= 0.3 is 22.6 Å². The van der Waals surface area contributed by atoms with Crippen LogP contribution in [0, 0.1) is 13.3 Å². The minimum atomic E-state index is -0.446. The van der Waals surface area contributed by atoms with Gasteiger partial charge in [-0.1, -0.05) is 273 Å². The second-order valence-electron chi connectivity index (χ2n) is 13.0. The van der Waals surface area contributed by atoms with Crippen molar-refractivity contribution in [1.82, 2.24) is 0 Å². The minimum Gasteiger partial charge on any atom is -0.0622 e. The number of rotatable bonds is 9. The SMILES string of the molecule is [C-]#[O+].[C-]#[O+].[Os].c1ccc(P(c2ccccc2)c2ccccc2)cc1.c1ccc(P(c2ccccc2)c2ccccc2)cc1.c1ccc(P(c2ccccc2)c2ccccc2)cc1. The minimum absolute atomic E-state index is 0. The molecule has 0 atom stereocenters. The Bertz CT molecular complexity index is 1960. The third kappa shape index (κ3) is 14.8. The van der Waals surface area contributed by atoms with Crippen molar-refractivity contribution in [2.75, 3.05) is 0 Å². The van der Waals surface area contributed by atoms with Gasteiger partial charge in [0.05, 0.1) is 0 Å². The van der Waals surface area contributed by atoms with E-state index in [1.165, 1.54) is 47.7 Å². The van der Waals surface area contributed by atoms with Crippen LogP contribution in [0.5, 0.6) is 0 Å². The van der Waals surface area contributed by atoms with Crippen molar-refractivity contribution in [3.8, 4) is 0 Å². The molecular weight excluding hydrogens is 988 g/mol. The van der Waals surface area contributed by atoms with Gasteiger partial charge in [-0.05, 0) is 71.5 Å². The van der Waals surface area contributed by atoms with Gasteiger partial charge in [-0.25, -0.2) is 0 Å². The Morgan fingerprint density at radius 2 is 0.258 bits per heavy atom. The van der Waals surface area contributed by atoms with Crippen LogP contribution in [-0.4, -0.2) is 0 Å². The topological polar surface area (TPSA) is 39.8 Å². The molecule has 62 heavy (non-hydrogen) atoms. The molecule has 0 aliphatic rings. The molecule has 2 nitrogen and oxygen atoms in total. The molecule has 0 aliphatic heterocycles. The van der Waals surface area contributed by atoms with Gasteiger partial charge < -0.3 is 0 Å². The fourth-order valence-electron chi connectivity index (χ4n) is 6.54. The summed E-state index contributed by atoms with van der Waals surface area (Å²) >= 11 is 0. The molecule has 0 N–H and O–H groups in total. The van der Waals surface area contributed by atoms with E-state index < -0.39 is 23.8 Å². The van der Waals surface area contributed by atoms with Crippen LogP contribution in [0.15, 0.2) is 273 Å². The maximum atomic E-state index is 7.50. The van der Waals surface area contributed by atoms with Crippen LogP contribution in [0.25, 0.3) is 0 Å². The van der Waals surface area contributed by atoms with Gasteiger partial charge in [-0.3, -0.25) is 0 Å². The number of hydrogen-bond donors (Lipinski definition) is 0. The Hall–Kier alpha value is -5.61. The Morgan fingerprint density at radius 1 is 0.177 bits per heavy atom. The first-order chi connectivity index (χ1) is 30.3. The molecule has 0 bridgehead atoms. The first-order valence-electron chi connectivity index (χ1n) is 19.6. The van der Waals surface area contributed by atoms with Crippen molar-refractivity contribution >= 4 is 71.5 Å². The molecule has 0 aromatic heterocycles. The second-order valence-corrected chi connectivity index (χ2v) is 19.7. The molecule has 0 saturated carbocycles. The van der Waals surface area contributed by atoms with E-state index in [9.17, 15) is 0 Å². The van der Waals surface area contributed by atoms with E-state index in [0.717, 1.165) is 0 Å². The third-order valence-electron chi connectivity index (χ3n) is 9.13. The van der Waals surface area contributed by atoms with Crippen LogP contribution in [0.4, 0.5) is 0 Å². The molecule has 6 heteroatoms. The van der Waals surface area contributed by atoms with Crippen molar-refractivity contribution in [1.29, 1.82) is 0 Å². The average Bonchev–Trinajstić information content (AvgIpc) is 3.37. The van der Waals surface area contributed by atoms with E-state index >= 15 is 0 Å². The zero-order valence-corrected chi connectivity index (χ0v) is 39.2. The molecule has 0 fully saturated rings. The van der Waals surface area contributed by atoms with E-state index in [4.69, 9.17) is 9.30 Å². The Labute approximate surface area is 384 Å². The van der Waals surface area contributed by atoms with Crippen LogP contribution in [0.3, 0.4) is 0 Å². The quantitative estimate of drug-likeness (QED) is 0.0786. The zero-order valence-electron chi connectivity index (χ0n) is 34.0. The molecule has 0 amide bonds. The second kappa shape index (κ2) is 28.8. The van der Waals surface area contributed by atoms with E-state index in [0.29, 0.717) is 0 Å². The molecule has 0 heterocycles. The van der Waals surface area contributed by atoms with E-state index in [1.807, 2.05) is 0 Å². The molecule has 9 rings (SSSR count). The van der Waals surface area contributed by atoms with E-state index in [1.54, 1.807) is 0 Å². The van der Waals surface area contributed by atoms with Crippen LogP contribution >= 0.6 is 23.8 Å². The first kappa shape index (κ1) is 49.0. The average molecular weight is 1030 g/mol. The van der Waals surface area contributed by atoms with E-state index in [2.05, 4.69) is 286 Å². The summed E-state index contributed by atoms with van der Waals surface area (Å²) in [5.74, 6) is 0. The fraction of sp³-hybridized carbons (Fsp3) is 0. The van der Waals surface area contributed by atoms with Gasteiger partial charge in [0.15, 0.2) is 0 Å². The van der Waals surface area contributed by atoms with Gasteiger partial charge in [0.1, 0.15) is 0 Å². The predicted octanol–water partition coefficient (Wildman–Crippen LogP) is 10.3. The van der Waals surface area contributed by atoms with Gasteiger partial charge in [0.2, 0.25) is 0 Å². The van der Waals surface area contributed by atoms with E-state index in [-0.39, 0.29) is 19.8 Å². The van der Waals surface area contributed by atoms with Gasteiger partial charge in [-0.15, -0.1) is 0 Å². The van der Waals surface area contributed by atoms with Crippen molar-refractivity contribution in [2.24, 2.45) is 0 Å². The maximum absolute atomic E-state index is 7.50. The zero-order chi connectivity index (χ0) is 42.7. The summed E-state index contributed by atoms with van der Waals surface area (Å²) in [5.41, 5.74) is 0.